The third-order valence-corrected chi connectivity index (χ3v) is 8.46. The largest absolute Gasteiger partial charge is 0.471 e. The van der Waals surface area contributed by atoms with Gasteiger partial charge in [0.2, 0.25) is 11.7 Å². The molecule has 286 valence electrons. The molecule has 0 unspecified atom stereocenters. The number of hydrogen-bond acceptors (Lipinski definition) is 9. The molecule has 0 bridgehead atoms. The molecule has 4 rings (SSSR count). The highest BCUT2D eigenvalue weighted by Gasteiger charge is 2.40. The number of rotatable bonds is 15. The molecule has 2 aliphatic heterocycles. The number of aromatic nitrogens is 2. The van der Waals surface area contributed by atoms with Crippen molar-refractivity contribution in [2.24, 2.45) is 5.92 Å². The van der Waals surface area contributed by atoms with Crippen LogP contribution in [0.5, 0.6) is 0 Å². The van der Waals surface area contributed by atoms with Crippen LogP contribution < -0.4 is 31.1 Å². The van der Waals surface area contributed by atoms with Crippen LogP contribution in [0.1, 0.15) is 42.6 Å². The molecule has 3 heterocycles. The van der Waals surface area contributed by atoms with Gasteiger partial charge in [-0.3, -0.25) is 9.59 Å². The zero-order valence-corrected chi connectivity index (χ0v) is 29.1. The Morgan fingerprint density at radius 2 is 1.48 bits per heavy atom. The number of piperidine rings is 1. The Kier molecular flexibility index (Phi) is 15.6. The van der Waals surface area contributed by atoms with Crippen molar-refractivity contribution in [3.63, 3.8) is 0 Å². The number of halogens is 6. The Bertz CT molecular complexity index is 1530. The van der Waals surface area contributed by atoms with Crippen LogP contribution in [0, 0.1) is 17.2 Å². The first-order chi connectivity index (χ1) is 24.2. The minimum Gasteiger partial charge on any atom is -0.378 e. The third kappa shape index (κ3) is 12.6. The van der Waals surface area contributed by atoms with Gasteiger partial charge >= 0.3 is 24.3 Å². The molecule has 0 radical (unpaired) electrons. The number of hydrogen-bond donors (Lipinski definition) is 4. The molecule has 20 heteroatoms. The number of benzene rings is 1. The monoisotopic (exact) mass is 761 g/mol. The van der Waals surface area contributed by atoms with E-state index in [0.29, 0.717) is 70.4 Å². The fraction of sp³-hybridized carbons (Fsp3) is 0.562. The predicted molar refractivity (Wildman–Crippen MR) is 182 cm³/mol. The molecular weight excluding hydrogens is 720 g/mol. The van der Waals surface area contributed by atoms with Crippen LogP contribution in [-0.4, -0.2) is 99.1 Å². The Morgan fingerprint density at radius 1 is 0.846 bits per heavy atom. The average Bonchev–Trinajstić information content (AvgIpc) is 3.07. The molecular formula is C32H41F6N9O4S. The van der Waals surface area contributed by atoms with Crippen molar-refractivity contribution in [3.05, 3.63) is 47.3 Å². The average molecular weight is 762 g/mol. The zero-order valence-electron chi connectivity index (χ0n) is 28.1. The van der Waals surface area contributed by atoms with Gasteiger partial charge in [0, 0.05) is 51.9 Å². The lowest BCUT2D eigenvalue weighted by Crippen LogP contribution is -2.57. The Labute approximate surface area is 303 Å². The molecule has 52 heavy (non-hydrogen) atoms. The van der Waals surface area contributed by atoms with Crippen LogP contribution in [0.4, 0.5) is 42.8 Å². The number of nitrogens with one attached hydrogen (secondary N) is 4. The molecule has 0 saturated carbocycles. The molecule has 4 amide bonds. The highest BCUT2D eigenvalue weighted by atomic mass is 32.1. The summed E-state index contributed by atoms with van der Waals surface area (Å²) in [5.74, 6) is -3.29. The second-order valence-electron chi connectivity index (χ2n) is 12.0. The van der Waals surface area contributed by atoms with Gasteiger partial charge in [-0.25, -0.2) is 14.8 Å². The summed E-state index contributed by atoms with van der Waals surface area (Å²) in [7, 11) is 0. The molecule has 2 aromatic rings. The summed E-state index contributed by atoms with van der Waals surface area (Å²) in [6, 6.07) is 9.37. The second kappa shape index (κ2) is 19.4. The van der Waals surface area contributed by atoms with E-state index in [-0.39, 0.29) is 63.3 Å². The number of nitrogens with zero attached hydrogens (tertiary/aromatic N) is 5. The quantitative estimate of drug-likeness (QED) is 0.158. The first-order valence-corrected chi connectivity index (χ1v) is 16.4. The molecule has 4 N–H and O–H groups in total. The van der Waals surface area contributed by atoms with Crippen molar-refractivity contribution in [1.29, 1.82) is 5.26 Å². The van der Waals surface area contributed by atoms with Crippen LogP contribution in [-0.2, 0) is 26.9 Å². The lowest BCUT2D eigenvalue weighted by molar-refractivity contribution is -0.173. The Balaban J connectivity index is 0.00000729. The zero-order chi connectivity index (χ0) is 37.0. The first-order valence-electron chi connectivity index (χ1n) is 16.4. The van der Waals surface area contributed by atoms with E-state index in [4.69, 9.17) is 10.00 Å². The van der Waals surface area contributed by atoms with Gasteiger partial charge in [0.15, 0.2) is 0 Å². The number of anilines is 2. The van der Waals surface area contributed by atoms with E-state index in [1.807, 2.05) is 6.07 Å². The topological polar surface area (TPSA) is 165 Å². The first kappa shape index (κ1) is 41.9. The van der Waals surface area contributed by atoms with E-state index in [1.165, 1.54) is 6.07 Å². The van der Waals surface area contributed by atoms with Crippen LogP contribution in [0.3, 0.4) is 0 Å². The van der Waals surface area contributed by atoms with Gasteiger partial charge in [-0.05, 0) is 55.7 Å². The van der Waals surface area contributed by atoms with Crippen LogP contribution in [0.2, 0.25) is 0 Å². The van der Waals surface area contributed by atoms with E-state index >= 15 is 0 Å². The van der Waals surface area contributed by atoms with Gasteiger partial charge in [-0.1, -0.05) is 12.1 Å². The maximum absolute atomic E-state index is 13.9. The second-order valence-corrected chi connectivity index (χ2v) is 12.0. The summed E-state index contributed by atoms with van der Waals surface area (Å²) in [6.45, 7) is 1.55. The number of alkyl halides is 6. The number of amides is 4. The summed E-state index contributed by atoms with van der Waals surface area (Å²) in [5.41, 5.74) is 1.46. The van der Waals surface area contributed by atoms with Crippen molar-refractivity contribution in [1.82, 2.24) is 31.2 Å². The van der Waals surface area contributed by atoms with E-state index < -0.39 is 36.2 Å². The van der Waals surface area contributed by atoms with Crippen molar-refractivity contribution in [2.75, 3.05) is 68.8 Å². The van der Waals surface area contributed by atoms with Crippen molar-refractivity contribution >= 4 is 43.0 Å². The Morgan fingerprint density at radius 3 is 2.08 bits per heavy atom. The van der Waals surface area contributed by atoms with Gasteiger partial charge < -0.3 is 35.8 Å². The molecule has 13 nitrogen and oxygen atoms in total. The van der Waals surface area contributed by atoms with E-state index in [2.05, 4.69) is 25.9 Å². The van der Waals surface area contributed by atoms with Crippen molar-refractivity contribution in [3.8, 4) is 6.07 Å². The van der Waals surface area contributed by atoms with Crippen LogP contribution in [0.25, 0.3) is 0 Å². The van der Waals surface area contributed by atoms with E-state index in [0.717, 1.165) is 5.56 Å². The molecule has 0 spiro atoms. The van der Waals surface area contributed by atoms with Gasteiger partial charge in [0.25, 0.3) is 0 Å². The molecule has 1 aromatic carbocycles. The molecule has 1 aromatic heterocycles. The fourth-order valence-electron chi connectivity index (χ4n) is 5.56. The minimum absolute atomic E-state index is 0. The highest BCUT2D eigenvalue weighted by molar-refractivity contribution is 7.59. The van der Waals surface area contributed by atoms with Crippen molar-refractivity contribution in [2.45, 2.75) is 50.5 Å². The molecule has 0 aliphatic carbocycles. The highest BCUT2D eigenvalue weighted by Crippen LogP contribution is 2.34. The lowest BCUT2D eigenvalue weighted by Gasteiger charge is -2.41. The minimum atomic E-state index is -4.96. The number of ether oxygens (including phenoxy) is 1. The molecule has 2 aliphatic rings. The summed E-state index contributed by atoms with van der Waals surface area (Å²) >= 11 is 0. The van der Waals surface area contributed by atoms with Crippen LogP contribution >= 0.6 is 13.5 Å². The number of carbonyl (C=O) groups excluding carboxylic acids is 3. The molecule has 2 fully saturated rings. The summed E-state index contributed by atoms with van der Waals surface area (Å²) in [6.07, 6.45) is -6.83. The third-order valence-electron chi connectivity index (χ3n) is 8.46. The SMILES string of the molecule is N#Cc1ccc(CCNC(=O)[C@@H]2CCN2c2cc(N3CCC(CCNC(=O)NCCOCCNC(=O)C(F)(F)F)CC3)nc(C(F)(F)F)n2)cc1.S. The van der Waals surface area contributed by atoms with Gasteiger partial charge in [0.05, 0.1) is 24.8 Å². The summed E-state index contributed by atoms with van der Waals surface area (Å²) in [4.78, 5) is 46.6. The molecule has 2 saturated heterocycles. The standard InChI is InChI=1S/C32H39F6N9O4.H2S/c33-31(34,35)28-44-25(19-26(45-28)47-16-9-24(47)27(48)40-10-5-21-1-3-23(20-39)4-2-21)46-14-7-22(8-15-46)6-11-42-30(50)43-13-18-51-17-12-41-29(49)32(36,37)38;/h1-4,19,22,24H,5-18H2,(H,40,48)(H,41,49)(H2,42,43,50);1H2/t24-;/m0./s1. The van der Waals surface area contributed by atoms with Gasteiger partial charge in [-0.2, -0.15) is 45.1 Å². The van der Waals surface area contributed by atoms with E-state index in [9.17, 15) is 40.7 Å². The number of nitriles is 1. The summed E-state index contributed by atoms with van der Waals surface area (Å²) in [5, 5.41) is 18.7. The maximum atomic E-state index is 13.9. The molecule has 1 atom stereocenters. The van der Waals surface area contributed by atoms with E-state index in [1.54, 1.807) is 39.4 Å². The van der Waals surface area contributed by atoms with Gasteiger partial charge in [0.1, 0.15) is 17.7 Å². The fourth-order valence-corrected chi connectivity index (χ4v) is 5.56. The van der Waals surface area contributed by atoms with Crippen molar-refractivity contribution < 1.29 is 45.5 Å². The number of urea groups is 1. The van der Waals surface area contributed by atoms with Crippen LogP contribution in [0.15, 0.2) is 30.3 Å². The number of carbonyl (C=O) groups is 3. The smallest absolute Gasteiger partial charge is 0.378 e. The summed E-state index contributed by atoms with van der Waals surface area (Å²) < 4.78 is 83.0. The predicted octanol–water partition coefficient (Wildman–Crippen LogP) is 3.02. The maximum Gasteiger partial charge on any atom is 0.471 e. The van der Waals surface area contributed by atoms with Gasteiger partial charge in [-0.15, -0.1) is 0 Å². The lowest BCUT2D eigenvalue weighted by atomic mass is 9.93. The Hall–Kier alpha value is -4.51. The normalized spacial score (nSPS) is 16.2.